The molecular formula is C23H29ClNO8PS. The summed E-state index contributed by atoms with van der Waals surface area (Å²) in [7, 11) is -1.28. The number of rotatable bonds is 13. The quantitative estimate of drug-likeness (QED) is 0.273. The lowest BCUT2D eigenvalue weighted by Gasteiger charge is -2.26. The Kier molecular flexibility index (Phi) is 10.4. The molecule has 4 atom stereocenters. The Bertz CT molecular complexity index is 1020. The monoisotopic (exact) mass is 545 g/mol. The van der Waals surface area contributed by atoms with Gasteiger partial charge in [0, 0.05) is 19.2 Å². The third kappa shape index (κ3) is 8.20. The van der Waals surface area contributed by atoms with E-state index in [0.717, 1.165) is 11.1 Å². The molecule has 0 radical (unpaired) electrons. The number of benzene rings is 2. The number of phosphoric ester groups is 1. The summed E-state index contributed by atoms with van der Waals surface area (Å²) in [5, 5.41) is 12.2. The number of aliphatic hydroxyl groups is 1. The molecule has 0 saturated carbocycles. The second-order valence-corrected chi connectivity index (χ2v) is 11.1. The SMILES string of the molecule is CCC(OC(COc1ccc(CC2SC(O)NC2=O)cc1)c1cccc(Cl)c1)OP(=O)(OC)OC. The molecule has 0 spiro atoms. The predicted octanol–water partition coefficient (Wildman–Crippen LogP) is 4.68. The number of nitrogens with one attached hydrogen (secondary N) is 1. The van der Waals surface area contributed by atoms with Crippen LogP contribution in [0.25, 0.3) is 0 Å². The minimum Gasteiger partial charge on any atom is -0.491 e. The molecule has 1 heterocycles. The number of thioether (sulfide) groups is 1. The van der Waals surface area contributed by atoms with Crippen LogP contribution in [0.5, 0.6) is 5.75 Å². The first-order valence-corrected chi connectivity index (χ1v) is 13.7. The zero-order valence-electron chi connectivity index (χ0n) is 19.6. The highest BCUT2D eigenvalue weighted by Crippen LogP contribution is 2.49. The van der Waals surface area contributed by atoms with Crippen molar-refractivity contribution in [3.05, 3.63) is 64.7 Å². The summed E-state index contributed by atoms with van der Waals surface area (Å²) in [6, 6.07) is 14.5. The van der Waals surface area contributed by atoms with Gasteiger partial charge in [-0.25, -0.2) is 4.57 Å². The molecule has 0 aliphatic carbocycles. The maximum absolute atomic E-state index is 12.4. The van der Waals surface area contributed by atoms with E-state index in [2.05, 4.69) is 5.32 Å². The second-order valence-electron chi connectivity index (χ2n) is 7.58. The minimum atomic E-state index is -3.75. The van der Waals surface area contributed by atoms with Crippen LogP contribution in [0.15, 0.2) is 48.5 Å². The fourth-order valence-electron chi connectivity index (χ4n) is 3.32. The molecule has 2 aromatic carbocycles. The minimum absolute atomic E-state index is 0.122. The number of aliphatic hydroxyl groups excluding tert-OH is 1. The summed E-state index contributed by atoms with van der Waals surface area (Å²) in [4.78, 5) is 11.8. The van der Waals surface area contributed by atoms with Gasteiger partial charge in [0.05, 0.1) is 5.25 Å². The Morgan fingerprint density at radius 1 is 1.17 bits per heavy atom. The van der Waals surface area contributed by atoms with Gasteiger partial charge in [0.1, 0.15) is 18.5 Å². The van der Waals surface area contributed by atoms with Crippen molar-refractivity contribution in [1.82, 2.24) is 5.32 Å². The maximum atomic E-state index is 12.4. The Hall–Kier alpha value is -1.62. The van der Waals surface area contributed by atoms with Gasteiger partial charge in [0.25, 0.3) is 0 Å². The normalized spacial score (nSPS) is 19.9. The van der Waals surface area contributed by atoms with Gasteiger partial charge in [-0.05, 0) is 48.2 Å². The molecule has 2 N–H and O–H groups in total. The van der Waals surface area contributed by atoms with Crippen molar-refractivity contribution in [3.8, 4) is 5.75 Å². The van der Waals surface area contributed by atoms with E-state index in [0.29, 0.717) is 23.6 Å². The molecule has 1 amide bonds. The van der Waals surface area contributed by atoms with E-state index in [9.17, 15) is 14.5 Å². The predicted molar refractivity (Wildman–Crippen MR) is 133 cm³/mol. The third-order valence-electron chi connectivity index (χ3n) is 5.16. The first-order chi connectivity index (χ1) is 16.7. The molecule has 192 valence electrons. The molecule has 0 aromatic heterocycles. The van der Waals surface area contributed by atoms with Gasteiger partial charge in [-0.15, -0.1) is 0 Å². The zero-order chi connectivity index (χ0) is 25.4. The Morgan fingerprint density at radius 3 is 2.46 bits per heavy atom. The van der Waals surface area contributed by atoms with Gasteiger partial charge in [-0.2, -0.15) is 0 Å². The van der Waals surface area contributed by atoms with Crippen LogP contribution >= 0.6 is 31.2 Å². The summed E-state index contributed by atoms with van der Waals surface area (Å²) in [6.45, 7) is 1.94. The number of carbonyl (C=O) groups is 1. The topological polar surface area (TPSA) is 113 Å². The number of carbonyl (C=O) groups excluding carboxylic acids is 1. The summed E-state index contributed by atoms with van der Waals surface area (Å²) >= 11 is 7.36. The van der Waals surface area contributed by atoms with Crippen molar-refractivity contribution in [2.75, 3.05) is 20.8 Å². The standard InChI is InChI=1S/C23H29ClNO8PS/c1-4-21(33-34(28,29-2)30-3)32-19(16-6-5-7-17(24)13-16)14-31-18-10-8-15(9-11-18)12-20-22(26)25-23(27)35-20/h5-11,13,19-21,23,27H,4,12,14H2,1-3H3,(H,25,26). The molecule has 35 heavy (non-hydrogen) atoms. The van der Waals surface area contributed by atoms with Crippen molar-refractivity contribution < 1.29 is 37.5 Å². The van der Waals surface area contributed by atoms with Crippen LogP contribution in [-0.4, -0.2) is 48.9 Å². The average molecular weight is 546 g/mol. The van der Waals surface area contributed by atoms with E-state index < -0.39 is 25.8 Å². The number of phosphoric acid groups is 1. The van der Waals surface area contributed by atoms with Gasteiger partial charge < -0.3 is 19.9 Å². The lowest BCUT2D eigenvalue weighted by atomic mass is 10.1. The first-order valence-electron chi connectivity index (χ1n) is 10.9. The average Bonchev–Trinajstić information content (AvgIpc) is 3.17. The fraction of sp³-hybridized carbons (Fsp3) is 0.435. The maximum Gasteiger partial charge on any atom is 0.476 e. The highest BCUT2D eigenvalue weighted by Gasteiger charge is 2.32. The van der Waals surface area contributed by atoms with E-state index in [-0.39, 0.29) is 17.8 Å². The Morgan fingerprint density at radius 2 is 1.89 bits per heavy atom. The van der Waals surface area contributed by atoms with Gasteiger partial charge in [0.2, 0.25) is 5.91 Å². The number of hydrogen-bond acceptors (Lipinski definition) is 9. The van der Waals surface area contributed by atoms with E-state index in [1.165, 1.54) is 26.0 Å². The third-order valence-corrected chi connectivity index (χ3v) is 7.87. The van der Waals surface area contributed by atoms with Crippen molar-refractivity contribution in [1.29, 1.82) is 0 Å². The Labute approximate surface area is 214 Å². The summed E-state index contributed by atoms with van der Waals surface area (Å²) < 4.78 is 39.7. The second kappa shape index (κ2) is 13.1. The molecule has 1 aliphatic heterocycles. The van der Waals surface area contributed by atoms with Gasteiger partial charge in [-0.3, -0.25) is 18.4 Å². The smallest absolute Gasteiger partial charge is 0.476 e. The highest BCUT2D eigenvalue weighted by molar-refractivity contribution is 8.01. The molecule has 1 saturated heterocycles. The Balaban J connectivity index is 1.67. The summed E-state index contributed by atoms with van der Waals surface area (Å²) in [5.74, 6) is 0.421. The molecule has 3 rings (SSSR count). The lowest BCUT2D eigenvalue weighted by Crippen LogP contribution is -2.27. The molecule has 1 fully saturated rings. The van der Waals surface area contributed by atoms with E-state index in [4.69, 9.17) is 34.6 Å². The van der Waals surface area contributed by atoms with Gasteiger partial charge in [0.15, 0.2) is 11.8 Å². The van der Waals surface area contributed by atoms with Crippen LogP contribution < -0.4 is 10.1 Å². The zero-order valence-corrected chi connectivity index (χ0v) is 22.1. The largest absolute Gasteiger partial charge is 0.491 e. The molecule has 9 nitrogen and oxygen atoms in total. The molecule has 4 unspecified atom stereocenters. The number of ether oxygens (including phenoxy) is 2. The van der Waals surface area contributed by atoms with Crippen molar-refractivity contribution >= 4 is 37.1 Å². The molecule has 0 bridgehead atoms. The van der Waals surface area contributed by atoms with Gasteiger partial charge >= 0.3 is 7.82 Å². The van der Waals surface area contributed by atoms with Crippen LogP contribution in [-0.2, 0) is 34.1 Å². The summed E-state index contributed by atoms with van der Waals surface area (Å²) in [6.07, 6.45) is -0.609. The molecule has 2 aromatic rings. The first kappa shape index (κ1) is 28.0. The number of amides is 1. The fourth-order valence-corrected chi connectivity index (χ4v) is 5.30. The molecular weight excluding hydrogens is 517 g/mol. The van der Waals surface area contributed by atoms with Crippen LogP contribution in [0.1, 0.15) is 30.6 Å². The van der Waals surface area contributed by atoms with E-state index in [1.54, 1.807) is 30.3 Å². The van der Waals surface area contributed by atoms with E-state index in [1.807, 2.05) is 25.1 Å². The number of halogens is 1. The summed E-state index contributed by atoms with van der Waals surface area (Å²) in [5.41, 5.74) is 0.830. The number of hydrogen-bond donors (Lipinski definition) is 2. The van der Waals surface area contributed by atoms with Crippen LogP contribution in [0.3, 0.4) is 0 Å². The van der Waals surface area contributed by atoms with Gasteiger partial charge in [-0.1, -0.05) is 54.6 Å². The molecule has 1 aliphatic rings. The van der Waals surface area contributed by atoms with Crippen molar-refractivity contribution in [2.24, 2.45) is 0 Å². The van der Waals surface area contributed by atoms with Crippen molar-refractivity contribution in [2.45, 2.75) is 43.0 Å². The van der Waals surface area contributed by atoms with Crippen molar-refractivity contribution in [3.63, 3.8) is 0 Å². The van der Waals surface area contributed by atoms with E-state index >= 15 is 0 Å². The highest BCUT2D eigenvalue weighted by atomic mass is 35.5. The van der Waals surface area contributed by atoms with Crippen LogP contribution in [0.2, 0.25) is 5.02 Å². The molecule has 12 heteroatoms. The lowest BCUT2D eigenvalue weighted by molar-refractivity contribution is -0.142. The van der Waals surface area contributed by atoms with Crippen LogP contribution in [0, 0.1) is 0 Å². The van der Waals surface area contributed by atoms with Crippen LogP contribution in [0.4, 0.5) is 0 Å².